The number of nitrogens with zero attached hydrogens (tertiary/aromatic N) is 1. The Morgan fingerprint density at radius 3 is 2.45 bits per heavy atom. The molecule has 0 aliphatic rings. The average Bonchev–Trinajstić information content (AvgIpc) is 2.43. The van der Waals surface area contributed by atoms with E-state index in [0.29, 0.717) is 5.69 Å². The zero-order chi connectivity index (χ0) is 17.0. The Kier molecular flexibility index (Phi) is 5.90. The SMILES string of the molecule is CCS(=O)(=O)c1ccc([C@@H](CO)NC(=O)OC(C)(C)C)nc1. The second-order valence-electron chi connectivity index (χ2n) is 5.70. The highest BCUT2D eigenvalue weighted by Crippen LogP contribution is 2.15. The molecule has 0 bridgehead atoms. The summed E-state index contributed by atoms with van der Waals surface area (Å²) in [4.78, 5) is 15.8. The first kappa shape index (κ1) is 18.4. The minimum Gasteiger partial charge on any atom is -0.444 e. The first-order valence-corrected chi connectivity index (χ1v) is 8.53. The molecule has 0 spiro atoms. The molecular formula is C14H22N2O5S. The Morgan fingerprint density at radius 2 is 2.05 bits per heavy atom. The first-order chi connectivity index (χ1) is 10.1. The molecule has 22 heavy (non-hydrogen) atoms. The number of amides is 1. The van der Waals surface area contributed by atoms with Gasteiger partial charge < -0.3 is 15.2 Å². The van der Waals surface area contributed by atoms with Crippen molar-refractivity contribution in [3.8, 4) is 0 Å². The maximum atomic E-state index is 11.7. The minimum atomic E-state index is -3.33. The van der Waals surface area contributed by atoms with Crippen molar-refractivity contribution in [2.45, 2.75) is 44.2 Å². The third kappa shape index (κ3) is 5.27. The van der Waals surface area contributed by atoms with E-state index in [1.165, 1.54) is 18.3 Å². The van der Waals surface area contributed by atoms with Crippen LogP contribution in [-0.4, -0.2) is 42.6 Å². The number of nitrogens with one attached hydrogen (secondary N) is 1. The molecule has 0 aliphatic heterocycles. The number of alkyl carbamates (subject to hydrolysis) is 1. The minimum absolute atomic E-state index is 0.0202. The highest BCUT2D eigenvalue weighted by Gasteiger charge is 2.21. The van der Waals surface area contributed by atoms with Gasteiger partial charge in [-0.3, -0.25) is 4.98 Å². The smallest absolute Gasteiger partial charge is 0.408 e. The zero-order valence-electron chi connectivity index (χ0n) is 13.2. The van der Waals surface area contributed by atoms with Crippen LogP contribution < -0.4 is 5.32 Å². The van der Waals surface area contributed by atoms with Crippen LogP contribution in [0.1, 0.15) is 39.4 Å². The van der Waals surface area contributed by atoms with Gasteiger partial charge in [0.2, 0.25) is 0 Å². The Morgan fingerprint density at radius 1 is 1.41 bits per heavy atom. The van der Waals surface area contributed by atoms with E-state index in [1.807, 2.05) is 0 Å². The summed E-state index contributed by atoms with van der Waals surface area (Å²) in [6, 6.07) is 2.09. The van der Waals surface area contributed by atoms with E-state index in [1.54, 1.807) is 27.7 Å². The van der Waals surface area contributed by atoms with E-state index in [4.69, 9.17) is 4.74 Å². The summed E-state index contributed by atoms with van der Waals surface area (Å²) in [5.74, 6) is -0.0202. The second kappa shape index (κ2) is 7.06. The number of sulfone groups is 1. The molecule has 0 unspecified atom stereocenters. The highest BCUT2D eigenvalue weighted by molar-refractivity contribution is 7.91. The number of pyridine rings is 1. The summed E-state index contributed by atoms with van der Waals surface area (Å²) in [5.41, 5.74) is -0.306. The molecule has 0 aromatic carbocycles. The number of hydrogen-bond acceptors (Lipinski definition) is 6. The molecule has 0 saturated heterocycles. The molecule has 8 heteroatoms. The normalized spacial score (nSPS) is 13.5. The van der Waals surface area contributed by atoms with Gasteiger partial charge in [0.15, 0.2) is 9.84 Å². The second-order valence-corrected chi connectivity index (χ2v) is 7.98. The standard InChI is InChI=1S/C14H22N2O5S/c1-5-22(19,20)10-6-7-11(15-8-10)12(9-17)16-13(18)21-14(2,3)4/h6-8,12,17H,5,9H2,1-4H3,(H,16,18)/t12-/m1/s1. The molecule has 1 atom stereocenters. The third-order valence-corrected chi connectivity index (χ3v) is 4.45. The van der Waals surface area contributed by atoms with Crippen molar-refractivity contribution in [3.63, 3.8) is 0 Å². The van der Waals surface area contributed by atoms with Crippen LogP contribution in [0.25, 0.3) is 0 Å². The predicted octanol–water partition coefficient (Wildman–Crippen LogP) is 1.43. The van der Waals surface area contributed by atoms with Gasteiger partial charge in [0.1, 0.15) is 5.60 Å². The van der Waals surface area contributed by atoms with Gasteiger partial charge >= 0.3 is 6.09 Å². The van der Waals surface area contributed by atoms with E-state index < -0.39 is 27.6 Å². The molecule has 7 nitrogen and oxygen atoms in total. The fourth-order valence-corrected chi connectivity index (χ4v) is 2.43. The van der Waals surface area contributed by atoms with Crippen molar-refractivity contribution in [1.29, 1.82) is 0 Å². The van der Waals surface area contributed by atoms with E-state index >= 15 is 0 Å². The number of aliphatic hydroxyl groups excluding tert-OH is 1. The van der Waals surface area contributed by atoms with Crippen molar-refractivity contribution in [3.05, 3.63) is 24.0 Å². The molecular weight excluding hydrogens is 308 g/mol. The number of carbonyl (C=O) groups is 1. The van der Waals surface area contributed by atoms with Crippen LogP contribution in [0.2, 0.25) is 0 Å². The summed E-state index contributed by atoms with van der Waals surface area (Å²) in [6.07, 6.45) is 0.534. The van der Waals surface area contributed by atoms with Gasteiger partial charge in [0.05, 0.1) is 29.0 Å². The van der Waals surface area contributed by atoms with Crippen molar-refractivity contribution >= 4 is 15.9 Å². The van der Waals surface area contributed by atoms with E-state index in [9.17, 15) is 18.3 Å². The zero-order valence-corrected chi connectivity index (χ0v) is 14.0. The van der Waals surface area contributed by atoms with Crippen LogP contribution in [0.15, 0.2) is 23.2 Å². The lowest BCUT2D eigenvalue weighted by Gasteiger charge is -2.22. The molecule has 1 aromatic rings. The number of rotatable bonds is 5. The Balaban J connectivity index is 2.86. The van der Waals surface area contributed by atoms with Gasteiger partial charge in [-0.1, -0.05) is 6.92 Å². The summed E-state index contributed by atoms with van der Waals surface area (Å²) >= 11 is 0. The molecule has 0 saturated carbocycles. The largest absolute Gasteiger partial charge is 0.444 e. The first-order valence-electron chi connectivity index (χ1n) is 6.88. The van der Waals surface area contributed by atoms with Crippen molar-refractivity contribution in [2.24, 2.45) is 0 Å². The number of ether oxygens (including phenoxy) is 1. The average molecular weight is 330 g/mol. The van der Waals surface area contributed by atoms with E-state index in [2.05, 4.69) is 10.3 Å². The van der Waals surface area contributed by atoms with Gasteiger partial charge in [-0.2, -0.15) is 0 Å². The van der Waals surface area contributed by atoms with Crippen molar-refractivity contribution in [1.82, 2.24) is 10.3 Å². The highest BCUT2D eigenvalue weighted by atomic mass is 32.2. The quantitative estimate of drug-likeness (QED) is 0.846. The van der Waals surface area contributed by atoms with E-state index in [-0.39, 0.29) is 17.3 Å². The number of carbonyl (C=O) groups excluding carboxylic acids is 1. The summed E-state index contributed by atoms with van der Waals surface area (Å²) < 4.78 is 28.5. The maximum absolute atomic E-state index is 11.7. The lowest BCUT2D eigenvalue weighted by atomic mass is 10.2. The number of aromatic nitrogens is 1. The van der Waals surface area contributed by atoms with Crippen LogP contribution >= 0.6 is 0 Å². The topological polar surface area (TPSA) is 106 Å². The van der Waals surface area contributed by atoms with Gasteiger partial charge in [-0.05, 0) is 32.9 Å². The molecule has 1 amide bonds. The monoisotopic (exact) mass is 330 g/mol. The fourth-order valence-electron chi connectivity index (χ4n) is 1.61. The van der Waals surface area contributed by atoms with Gasteiger partial charge in [0.25, 0.3) is 0 Å². The lowest BCUT2D eigenvalue weighted by Crippen LogP contribution is -2.36. The molecule has 1 heterocycles. The van der Waals surface area contributed by atoms with Crippen LogP contribution in [0, 0.1) is 0 Å². The molecule has 0 fully saturated rings. The number of hydrogen-bond donors (Lipinski definition) is 2. The molecule has 2 N–H and O–H groups in total. The summed E-state index contributed by atoms with van der Waals surface area (Å²) in [5, 5.41) is 11.9. The molecule has 1 aromatic heterocycles. The number of aliphatic hydroxyl groups is 1. The molecule has 1 rings (SSSR count). The fraction of sp³-hybridized carbons (Fsp3) is 0.571. The molecule has 124 valence electrons. The third-order valence-electron chi connectivity index (χ3n) is 2.73. The molecule has 0 aliphatic carbocycles. The van der Waals surface area contributed by atoms with Gasteiger partial charge in [-0.25, -0.2) is 13.2 Å². The Hall–Kier alpha value is -1.67. The van der Waals surface area contributed by atoms with Crippen LogP contribution in [0.5, 0.6) is 0 Å². The molecule has 0 radical (unpaired) electrons. The van der Waals surface area contributed by atoms with Crippen LogP contribution in [0.3, 0.4) is 0 Å². The summed E-state index contributed by atoms with van der Waals surface area (Å²) in [6.45, 7) is 6.34. The van der Waals surface area contributed by atoms with Crippen molar-refractivity contribution < 1.29 is 23.1 Å². The van der Waals surface area contributed by atoms with Gasteiger partial charge in [-0.15, -0.1) is 0 Å². The lowest BCUT2D eigenvalue weighted by molar-refractivity contribution is 0.0480. The van der Waals surface area contributed by atoms with Crippen LogP contribution in [0.4, 0.5) is 4.79 Å². The van der Waals surface area contributed by atoms with Crippen LogP contribution in [-0.2, 0) is 14.6 Å². The van der Waals surface area contributed by atoms with Gasteiger partial charge in [0, 0.05) is 6.20 Å². The maximum Gasteiger partial charge on any atom is 0.408 e. The predicted molar refractivity (Wildman–Crippen MR) is 81.2 cm³/mol. The Labute approximate surface area is 130 Å². The van der Waals surface area contributed by atoms with E-state index in [0.717, 1.165) is 0 Å². The van der Waals surface area contributed by atoms with Crippen molar-refractivity contribution in [2.75, 3.05) is 12.4 Å². The Bertz CT molecular complexity index is 605. The summed E-state index contributed by atoms with van der Waals surface area (Å²) in [7, 11) is -3.33.